The molecule has 0 saturated carbocycles. The van der Waals surface area contributed by atoms with Gasteiger partial charge in [-0.2, -0.15) is 0 Å². The first-order chi connectivity index (χ1) is 13.3. The van der Waals surface area contributed by atoms with Crippen LogP contribution in [0.3, 0.4) is 0 Å². The molecule has 0 aromatic heterocycles. The Balaban J connectivity index is 1.17. The van der Waals surface area contributed by atoms with Gasteiger partial charge in [-0.3, -0.25) is 14.4 Å². The van der Waals surface area contributed by atoms with Crippen LogP contribution in [0.15, 0.2) is 53.4 Å². The molecule has 2 aromatic rings. The molecule has 0 atom stereocenters. The van der Waals surface area contributed by atoms with Crippen LogP contribution < -0.4 is 9.62 Å². The van der Waals surface area contributed by atoms with Crippen molar-refractivity contribution >= 4 is 23.5 Å². The van der Waals surface area contributed by atoms with Gasteiger partial charge in [0.05, 0.1) is 6.42 Å². The van der Waals surface area contributed by atoms with E-state index in [9.17, 15) is 4.79 Å². The number of anilines is 1. The molecule has 2 heterocycles. The van der Waals surface area contributed by atoms with Crippen LogP contribution in [0.4, 0.5) is 5.69 Å². The second-order valence-electron chi connectivity index (χ2n) is 7.37. The number of amides is 1. The van der Waals surface area contributed by atoms with E-state index in [1.165, 1.54) is 47.5 Å². The van der Waals surface area contributed by atoms with Crippen molar-refractivity contribution in [2.24, 2.45) is 0 Å². The molecular weight excluding hydrogens is 354 g/mol. The Labute approximate surface area is 166 Å². The zero-order valence-corrected chi connectivity index (χ0v) is 16.5. The molecule has 4 nitrogen and oxygen atoms in total. The van der Waals surface area contributed by atoms with Gasteiger partial charge in [-0.15, -0.1) is 0 Å². The molecule has 5 heteroatoms. The van der Waals surface area contributed by atoms with E-state index in [2.05, 4.69) is 63.1 Å². The first-order valence-corrected chi connectivity index (χ1v) is 10.7. The maximum atomic E-state index is 11.4. The monoisotopic (exact) mass is 381 g/mol. The lowest BCUT2D eigenvalue weighted by molar-refractivity contribution is -0.118. The highest BCUT2D eigenvalue weighted by Gasteiger charge is 2.17. The topological polar surface area (TPSA) is 35.6 Å². The molecule has 4 rings (SSSR count). The number of benzene rings is 2. The minimum atomic E-state index is 0.104. The van der Waals surface area contributed by atoms with Gasteiger partial charge in [0.15, 0.2) is 0 Å². The summed E-state index contributed by atoms with van der Waals surface area (Å²) < 4.78 is 2.86. The number of nitrogens with one attached hydrogen (secondary N) is 1. The Morgan fingerprint density at radius 1 is 0.963 bits per heavy atom. The molecule has 1 amide bonds. The number of aryl methyl sites for hydroxylation is 1. The zero-order valence-electron chi connectivity index (χ0n) is 15.7. The number of hydrogen-bond acceptors (Lipinski definition) is 4. The van der Waals surface area contributed by atoms with E-state index in [0.29, 0.717) is 6.42 Å². The van der Waals surface area contributed by atoms with E-state index in [0.717, 1.165) is 38.2 Å². The number of piperazine rings is 1. The lowest BCUT2D eigenvalue weighted by atomic mass is 10.0. The lowest BCUT2D eigenvalue weighted by Crippen LogP contribution is -2.46. The van der Waals surface area contributed by atoms with Crippen molar-refractivity contribution in [2.45, 2.75) is 30.6 Å². The van der Waals surface area contributed by atoms with Gasteiger partial charge in [0.2, 0.25) is 5.91 Å². The van der Waals surface area contributed by atoms with E-state index in [1.807, 2.05) is 0 Å². The predicted octanol–water partition coefficient (Wildman–Crippen LogP) is 3.51. The van der Waals surface area contributed by atoms with Gasteiger partial charge in [-0.25, -0.2) is 0 Å². The van der Waals surface area contributed by atoms with Crippen LogP contribution in [-0.4, -0.2) is 43.5 Å². The van der Waals surface area contributed by atoms with Crippen molar-refractivity contribution < 1.29 is 4.79 Å². The standard InChI is InChI=1S/C22H27N3OS/c26-22-17-19-10-9-18(16-21(19)27-23-22)6-4-5-11-24-12-14-25(15-13-24)20-7-2-1-3-8-20/h1-3,7-10,16H,4-6,11-15,17H2,(H,23,26). The summed E-state index contributed by atoms with van der Waals surface area (Å²) in [6, 6.07) is 17.3. The van der Waals surface area contributed by atoms with Crippen LogP contribution >= 0.6 is 11.9 Å². The van der Waals surface area contributed by atoms with E-state index < -0.39 is 0 Å². The number of nitrogens with zero attached hydrogens (tertiary/aromatic N) is 2. The number of rotatable bonds is 6. The van der Waals surface area contributed by atoms with Gasteiger partial charge in [0.25, 0.3) is 0 Å². The summed E-state index contributed by atoms with van der Waals surface area (Å²) >= 11 is 1.46. The molecule has 1 N–H and O–H groups in total. The number of para-hydroxylation sites is 1. The maximum absolute atomic E-state index is 11.4. The Bertz CT molecular complexity index is 772. The molecule has 1 saturated heterocycles. The zero-order chi connectivity index (χ0) is 18.5. The van der Waals surface area contributed by atoms with Crippen molar-refractivity contribution in [1.29, 1.82) is 0 Å². The van der Waals surface area contributed by atoms with Crippen molar-refractivity contribution in [1.82, 2.24) is 9.62 Å². The molecule has 2 aliphatic heterocycles. The molecule has 2 aromatic carbocycles. The average molecular weight is 382 g/mol. The third-order valence-electron chi connectivity index (χ3n) is 5.44. The first-order valence-electron chi connectivity index (χ1n) is 9.88. The van der Waals surface area contributed by atoms with Gasteiger partial charge in [0.1, 0.15) is 0 Å². The molecule has 1 fully saturated rings. The van der Waals surface area contributed by atoms with Crippen LogP contribution in [0, 0.1) is 0 Å². The Hall–Kier alpha value is -1.98. The highest BCUT2D eigenvalue weighted by atomic mass is 32.2. The van der Waals surface area contributed by atoms with Crippen LogP contribution in [-0.2, 0) is 17.6 Å². The predicted molar refractivity (Wildman–Crippen MR) is 112 cm³/mol. The molecule has 0 radical (unpaired) electrons. The summed E-state index contributed by atoms with van der Waals surface area (Å²) in [7, 11) is 0. The summed E-state index contributed by atoms with van der Waals surface area (Å²) in [6.07, 6.45) is 4.09. The molecule has 27 heavy (non-hydrogen) atoms. The SMILES string of the molecule is O=C1Cc2ccc(CCCCN3CCN(c4ccccc4)CC3)cc2SN1. The number of carbonyl (C=O) groups is 1. The van der Waals surface area contributed by atoms with E-state index in [1.54, 1.807) is 0 Å². The number of hydrogen-bond donors (Lipinski definition) is 1. The largest absolute Gasteiger partial charge is 0.369 e. The number of fused-ring (bicyclic) bond motifs is 1. The van der Waals surface area contributed by atoms with Crippen molar-refractivity contribution in [3.8, 4) is 0 Å². The van der Waals surface area contributed by atoms with Crippen LogP contribution in [0.5, 0.6) is 0 Å². The van der Waals surface area contributed by atoms with Gasteiger partial charge >= 0.3 is 0 Å². The lowest BCUT2D eigenvalue weighted by Gasteiger charge is -2.36. The average Bonchev–Trinajstić information content (AvgIpc) is 2.72. The quantitative estimate of drug-likeness (QED) is 0.614. The fourth-order valence-electron chi connectivity index (χ4n) is 3.85. The highest BCUT2D eigenvalue weighted by molar-refractivity contribution is 7.98. The minimum absolute atomic E-state index is 0.104. The maximum Gasteiger partial charge on any atom is 0.234 e. The molecule has 142 valence electrons. The minimum Gasteiger partial charge on any atom is -0.369 e. The van der Waals surface area contributed by atoms with Crippen LogP contribution in [0.1, 0.15) is 24.0 Å². The molecule has 0 unspecified atom stereocenters. The number of unbranched alkanes of at least 4 members (excludes halogenated alkanes) is 1. The molecule has 0 bridgehead atoms. The first kappa shape index (κ1) is 18.4. The van der Waals surface area contributed by atoms with Gasteiger partial charge < -0.3 is 4.90 Å². The Morgan fingerprint density at radius 3 is 2.59 bits per heavy atom. The summed E-state index contributed by atoms with van der Waals surface area (Å²) in [5, 5.41) is 0. The second kappa shape index (κ2) is 8.81. The third-order valence-corrected chi connectivity index (χ3v) is 6.37. The van der Waals surface area contributed by atoms with E-state index in [-0.39, 0.29) is 5.91 Å². The molecular formula is C22H27N3OS. The Kier molecular flexibility index (Phi) is 6.00. The Morgan fingerprint density at radius 2 is 1.78 bits per heavy atom. The van der Waals surface area contributed by atoms with Crippen LogP contribution in [0.25, 0.3) is 0 Å². The summed E-state index contributed by atoms with van der Waals surface area (Å²) in [6.45, 7) is 5.75. The van der Waals surface area contributed by atoms with Gasteiger partial charge in [-0.05, 0) is 67.1 Å². The van der Waals surface area contributed by atoms with Crippen molar-refractivity contribution in [3.63, 3.8) is 0 Å². The summed E-state index contributed by atoms with van der Waals surface area (Å²) in [5.74, 6) is 0.104. The summed E-state index contributed by atoms with van der Waals surface area (Å²) in [5.41, 5.74) is 3.88. The number of carbonyl (C=O) groups excluding carboxylic acids is 1. The molecule has 0 aliphatic carbocycles. The van der Waals surface area contributed by atoms with E-state index >= 15 is 0 Å². The van der Waals surface area contributed by atoms with Crippen molar-refractivity contribution in [2.75, 3.05) is 37.6 Å². The van der Waals surface area contributed by atoms with E-state index in [4.69, 9.17) is 0 Å². The fraction of sp³-hybridized carbons (Fsp3) is 0.409. The van der Waals surface area contributed by atoms with Crippen molar-refractivity contribution in [3.05, 3.63) is 59.7 Å². The van der Waals surface area contributed by atoms with Gasteiger partial charge in [-0.1, -0.05) is 30.3 Å². The molecule has 0 spiro atoms. The van der Waals surface area contributed by atoms with Gasteiger partial charge in [0, 0.05) is 36.8 Å². The fourth-order valence-corrected chi connectivity index (χ4v) is 4.63. The summed E-state index contributed by atoms with van der Waals surface area (Å²) in [4.78, 5) is 17.7. The third kappa shape index (κ3) is 4.85. The smallest absolute Gasteiger partial charge is 0.234 e. The highest BCUT2D eigenvalue weighted by Crippen LogP contribution is 2.26. The second-order valence-corrected chi connectivity index (χ2v) is 8.22. The van der Waals surface area contributed by atoms with Crippen LogP contribution in [0.2, 0.25) is 0 Å². The normalized spacial score (nSPS) is 17.5. The molecule has 2 aliphatic rings.